The van der Waals surface area contributed by atoms with Gasteiger partial charge in [-0.05, 0) is 17.7 Å². The van der Waals surface area contributed by atoms with Crippen LogP contribution in [0.1, 0.15) is 16.1 Å². The summed E-state index contributed by atoms with van der Waals surface area (Å²) in [5.41, 5.74) is 4.34. The number of hydrogen-bond acceptors (Lipinski definition) is 6. The van der Waals surface area contributed by atoms with Gasteiger partial charge in [0, 0.05) is 44.2 Å². The van der Waals surface area contributed by atoms with E-state index in [9.17, 15) is 4.79 Å². The van der Waals surface area contributed by atoms with Crippen LogP contribution in [0.15, 0.2) is 53.9 Å². The number of hydrogen-bond donors (Lipinski definition) is 2. The molecule has 1 aliphatic heterocycles. The Bertz CT molecular complexity index is 982. The third-order valence-corrected chi connectivity index (χ3v) is 5.77. The van der Waals surface area contributed by atoms with Gasteiger partial charge in [-0.15, -0.1) is 11.3 Å². The molecular formula is C22H24N4O2S. The Kier molecular flexibility index (Phi) is 6.19. The number of para-hydroxylation sites is 2. The first-order valence-electron chi connectivity index (χ1n) is 9.65. The van der Waals surface area contributed by atoms with E-state index in [0.29, 0.717) is 12.3 Å². The zero-order valence-corrected chi connectivity index (χ0v) is 17.2. The molecular weight excluding hydrogens is 384 g/mol. The van der Waals surface area contributed by atoms with Gasteiger partial charge in [0.05, 0.1) is 18.0 Å². The van der Waals surface area contributed by atoms with Gasteiger partial charge < -0.3 is 20.3 Å². The highest BCUT2D eigenvalue weighted by atomic mass is 32.1. The summed E-state index contributed by atoms with van der Waals surface area (Å²) in [6.45, 7) is 4.24. The Hall–Kier alpha value is -2.74. The van der Waals surface area contributed by atoms with Crippen LogP contribution in [0.25, 0.3) is 10.6 Å². The number of ether oxygens (including phenoxy) is 1. The van der Waals surface area contributed by atoms with Gasteiger partial charge in [0.15, 0.2) is 0 Å². The zero-order valence-electron chi connectivity index (χ0n) is 16.4. The number of thiazole rings is 1. The lowest BCUT2D eigenvalue weighted by molar-refractivity contribution is 0.102. The molecule has 1 aliphatic rings. The molecule has 1 amide bonds. The Balaban J connectivity index is 1.54. The molecule has 0 saturated carbocycles. The third-order valence-electron chi connectivity index (χ3n) is 4.89. The van der Waals surface area contributed by atoms with Crippen molar-refractivity contribution in [3.8, 4) is 10.6 Å². The van der Waals surface area contributed by atoms with Crippen LogP contribution >= 0.6 is 11.3 Å². The highest BCUT2D eigenvalue weighted by molar-refractivity contribution is 7.13. The van der Waals surface area contributed by atoms with E-state index in [2.05, 4.69) is 26.6 Å². The minimum Gasteiger partial charge on any atom is -0.380 e. The molecule has 2 N–H and O–H groups in total. The van der Waals surface area contributed by atoms with Crippen molar-refractivity contribution in [3.63, 3.8) is 0 Å². The third kappa shape index (κ3) is 4.48. The number of anilines is 2. The number of rotatable bonds is 6. The molecule has 3 aromatic rings. The van der Waals surface area contributed by atoms with Crippen LogP contribution in [0.5, 0.6) is 0 Å². The molecule has 2 aromatic carbocycles. The maximum atomic E-state index is 12.9. The minimum atomic E-state index is -0.195. The minimum absolute atomic E-state index is 0.195. The number of nitrogens with zero attached hydrogens (tertiary/aromatic N) is 2. The summed E-state index contributed by atoms with van der Waals surface area (Å²) in [6.07, 6.45) is 0. The number of benzene rings is 2. The van der Waals surface area contributed by atoms with Gasteiger partial charge in [-0.25, -0.2) is 4.98 Å². The molecule has 29 heavy (non-hydrogen) atoms. The maximum Gasteiger partial charge on any atom is 0.275 e. The molecule has 0 aliphatic carbocycles. The zero-order chi connectivity index (χ0) is 20.1. The molecule has 0 bridgehead atoms. The van der Waals surface area contributed by atoms with E-state index in [1.807, 2.05) is 47.8 Å². The molecule has 1 fully saturated rings. The van der Waals surface area contributed by atoms with Gasteiger partial charge in [0.25, 0.3) is 5.91 Å². The quantitative estimate of drug-likeness (QED) is 0.652. The highest BCUT2D eigenvalue weighted by Crippen LogP contribution is 2.29. The lowest BCUT2D eigenvalue weighted by atomic mass is 10.1. The van der Waals surface area contributed by atoms with E-state index in [4.69, 9.17) is 4.74 Å². The average molecular weight is 409 g/mol. The largest absolute Gasteiger partial charge is 0.380 e. The Morgan fingerprint density at radius 3 is 2.76 bits per heavy atom. The molecule has 0 spiro atoms. The summed E-state index contributed by atoms with van der Waals surface area (Å²) >= 11 is 1.47. The molecule has 150 valence electrons. The van der Waals surface area contributed by atoms with Crippen LogP contribution in [0.4, 0.5) is 11.4 Å². The first-order chi connectivity index (χ1) is 14.3. The van der Waals surface area contributed by atoms with Crippen molar-refractivity contribution < 1.29 is 9.53 Å². The van der Waals surface area contributed by atoms with Crippen LogP contribution < -0.4 is 15.5 Å². The molecule has 4 rings (SSSR count). The number of piperazine rings is 1. The van der Waals surface area contributed by atoms with E-state index < -0.39 is 0 Å². The van der Waals surface area contributed by atoms with Gasteiger partial charge in [-0.1, -0.05) is 36.4 Å². The van der Waals surface area contributed by atoms with Crippen LogP contribution in [-0.4, -0.2) is 44.2 Å². The second-order valence-electron chi connectivity index (χ2n) is 6.84. The van der Waals surface area contributed by atoms with Crippen molar-refractivity contribution in [2.75, 3.05) is 43.5 Å². The van der Waals surface area contributed by atoms with Crippen LogP contribution in [-0.2, 0) is 11.3 Å². The van der Waals surface area contributed by atoms with Crippen molar-refractivity contribution in [3.05, 3.63) is 65.2 Å². The normalized spacial score (nSPS) is 14.0. The van der Waals surface area contributed by atoms with Crippen molar-refractivity contribution in [2.45, 2.75) is 6.61 Å². The van der Waals surface area contributed by atoms with Crippen molar-refractivity contribution in [1.82, 2.24) is 10.3 Å². The number of nitrogens with one attached hydrogen (secondary N) is 2. The summed E-state index contributed by atoms with van der Waals surface area (Å²) in [4.78, 5) is 19.8. The van der Waals surface area contributed by atoms with Crippen LogP contribution in [0, 0.1) is 0 Å². The van der Waals surface area contributed by atoms with Gasteiger partial charge >= 0.3 is 0 Å². The topological polar surface area (TPSA) is 66.5 Å². The first kappa shape index (κ1) is 19.6. The van der Waals surface area contributed by atoms with E-state index in [1.54, 1.807) is 7.11 Å². The van der Waals surface area contributed by atoms with Crippen LogP contribution in [0.2, 0.25) is 0 Å². The lowest BCUT2D eigenvalue weighted by Crippen LogP contribution is -2.43. The first-order valence-corrected chi connectivity index (χ1v) is 10.5. The fourth-order valence-corrected chi connectivity index (χ4v) is 4.32. The predicted octanol–water partition coefficient (Wildman–Crippen LogP) is 3.62. The predicted molar refractivity (Wildman–Crippen MR) is 118 cm³/mol. The molecule has 6 nitrogen and oxygen atoms in total. The Labute approximate surface area is 174 Å². The molecule has 0 atom stereocenters. The average Bonchev–Trinajstić information content (AvgIpc) is 3.26. The van der Waals surface area contributed by atoms with Gasteiger partial charge in [-0.3, -0.25) is 4.79 Å². The fourth-order valence-electron chi connectivity index (χ4n) is 3.46. The van der Waals surface area contributed by atoms with Gasteiger partial charge in [0.1, 0.15) is 10.7 Å². The second-order valence-corrected chi connectivity index (χ2v) is 7.69. The van der Waals surface area contributed by atoms with Crippen molar-refractivity contribution in [2.24, 2.45) is 0 Å². The number of methoxy groups -OCH3 is 1. The number of aromatic nitrogens is 1. The van der Waals surface area contributed by atoms with Crippen molar-refractivity contribution in [1.29, 1.82) is 0 Å². The fraction of sp³-hybridized carbons (Fsp3) is 0.273. The molecule has 1 aromatic heterocycles. The number of amides is 1. The summed E-state index contributed by atoms with van der Waals surface area (Å²) in [6, 6.07) is 15.9. The van der Waals surface area contributed by atoms with E-state index in [-0.39, 0.29) is 5.91 Å². The van der Waals surface area contributed by atoms with Gasteiger partial charge in [-0.2, -0.15) is 0 Å². The van der Waals surface area contributed by atoms with Gasteiger partial charge in [0.2, 0.25) is 0 Å². The van der Waals surface area contributed by atoms with Crippen LogP contribution in [0.3, 0.4) is 0 Å². The monoisotopic (exact) mass is 408 g/mol. The Morgan fingerprint density at radius 2 is 1.93 bits per heavy atom. The van der Waals surface area contributed by atoms with E-state index in [0.717, 1.165) is 53.7 Å². The Morgan fingerprint density at radius 1 is 1.17 bits per heavy atom. The summed E-state index contributed by atoms with van der Waals surface area (Å²) in [7, 11) is 1.67. The van der Waals surface area contributed by atoms with E-state index in [1.165, 1.54) is 11.3 Å². The molecule has 0 radical (unpaired) electrons. The summed E-state index contributed by atoms with van der Waals surface area (Å²) in [5, 5.41) is 9.03. The number of carbonyl (C=O) groups excluding carboxylic acids is 1. The maximum absolute atomic E-state index is 12.9. The highest BCUT2D eigenvalue weighted by Gasteiger charge is 2.18. The molecule has 7 heteroatoms. The standard InChI is InChI=1S/C22H24N4O2S/c1-28-14-16-6-2-3-7-17(16)22-25-19(15-29-22)21(27)24-18-8-4-5-9-20(18)26-12-10-23-11-13-26/h2-9,15,23H,10-14H2,1H3,(H,24,27). The second kappa shape index (κ2) is 9.17. The van der Waals surface area contributed by atoms with Crippen molar-refractivity contribution >= 4 is 28.6 Å². The SMILES string of the molecule is COCc1ccccc1-c1nc(C(=O)Nc2ccccc2N2CCNCC2)cs1. The molecule has 2 heterocycles. The summed E-state index contributed by atoms with van der Waals surface area (Å²) < 4.78 is 5.28. The lowest BCUT2D eigenvalue weighted by Gasteiger charge is -2.31. The molecule has 1 saturated heterocycles. The number of carbonyl (C=O) groups is 1. The molecule has 0 unspecified atom stereocenters. The van der Waals surface area contributed by atoms with E-state index >= 15 is 0 Å². The summed E-state index contributed by atoms with van der Waals surface area (Å²) in [5.74, 6) is -0.195. The smallest absolute Gasteiger partial charge is 0.275 e.